The van der Waals surface area contributed by atoms with Gasteiger partial charge in [-0.2, -0.15) is 0 Å². The molecule has 0 aromatic heterocycles. The fourth-order valence-electron chi connectivity index (χ4n) is 2.17. The van der Waals surface area contributed by atoms with E-state index in [0.717, 1.165) is 0 Å². The first-order valence-corrected chi connectivity index (χ1v) is 9.09. The number of rotatable bonds is 5. The highest BCUT2D eigenvalue weighted by atomic mass is 35.5. The fraction of sp³-hybridized carbons (Fsp3) is 0.118. The van der Waals surface area contributed by atoms with Gasteiger partial charge >= 0.3 is 0 Å². The van der Waals surface area contributed by atoms with Crippen molar-refractivity contribution >= 4 is 39.3 Å². The standard InChI is InChI=1S/C17H17ClN2O4S/c1-11-3-6-14(10-16(11)25(19,22)23)20-17(21)8-4-12-9-13(18)5-7-15(12)24-2/h3-10H,1-2H3,(H,20,21)(H2,19,22,23). The van der Waals surface area contributed by atoms with E-state index in [1.54, 1.807) is 43.3 Å². The van der Waals surface area contributed by atoms with Gasteiger partial charge in [-0.15, -0.1) is 0 Å². The smallest absolute Gasteiger partial charge is 0.248 e. The highest BCUT2D eigenvalue weighted by Crippen LogP contribution is 2.24. The molecule has 3 N–H and O–H groups in total. The molecule has 0 aliphatic heterocycles. The van der Waals surface area contributed by atoms with Gasteiger partial charge in [0.2, 0.25) is 15.9 Å². The number of amides is 1. The topological polar surface area (TPSA) is 98.5 Å². The molecule has 25 heavy (non-hydrogen) atoms. The zero-order valence-corrected chi connectivity index (χ0v) is 15.2. The molecular weight excluding hydrogens is 364 g/mol. The lowest BCUT2D eigenvalue weighted by Crippen LogP contribution is -2.15. The fourth-order valence-corrected chi connectivity index (χ4v) is 3.16. The predicted molar refractivity (Wildman–Crippen MR) is 98.2 cm³/mol. The van der Waals surface area contributed by atoms with Crippen molar-refractivity contribution in [2.24, 2.45) is 5.14 Å². The second-order valence-corrected chi connectivity index (χ2v) is 7.20. The Bertz CT molecular complexity index is 940. The van der Waals surface area contributed by atoms with Crippen molar-refractivity contribution in [3.8, 4) is 5.75 Å². The number of hydrogen-bond acceptors (Lipinski definition) is 4. The Balaban J connectivity index is 2.20. The van der Waals surface area contributed by atoms with Crippen LogP contribution in [0.2, 0.25) is 5.02 Å². The lowest BCUT2D eigenvalue weighted by atomic mass is 10.2. The number of halogens is 1. The maximum absolute atomic E-state index is 12.1. The molecule has 6 nitrogen and oxygen atoms in total. The Morgan fingerprint density at radius 1 is 1.24 bits per heavy atom. The van der Waals surface area contributed by atoms with Gasteiger partial charge in [-0.3, -0.25) is 4.79 Å². The molecule has 0 bridgehead atoms. The van der Waals surface area contributed by atoms with Gasteiger partial charge < -0.3 is 10.1 Å². The highest BCUT2D eigenvalue weighted by Gasteiger charge is 2.12. The molecule has 132 valence electrons. The van der Waals surface area contributed by atoms with Crippen LogP contribution in [0, 0.1) is 6.92 Å². The van der Waals surface area contributed by atoms with E-state index >= 15 is 0 Å². The first-order valence-electron chi connectivity index (χ1n) is 7.17. The Morgan fingerprint density at radius 2 is 1.96 bits per heavy atom. The van der Waals surface area contributed by atoms with E-state index in [9.17, 15) is 13.2 Å². The quantitative estimate of drug-likeness (QED) is 0.779. The summed E-state index contributed by atoms with van der Waals surface area (Å²) in [6, 6.07) is 9.51. The van der Waals surface area contributed by atoms with Crippen LogP contribution in [0.3, 0.4) is 0 Å². The zero-order valence-electron chi connectivity index (χ0n) is 13.6. The average Bonchev–Trinajstić information content (AvgIpc) is 2.54. The summed E-state index contributed by atoms with van der Waals surface area (Å²) in [6.45, 7) is 1.62. The van der Waals surface area contributed by atoms with Gasteiger partial charge in [0.25, 0.3) is 0 Å². The highest BCUT2D eigenvalue weighted by molar-refractivity contribution is 7.89. The molecule has 2 rings (SSSR count). The second kappa shape index (κ2) is 7.69. The number of primary sulfonamides is 1. The van der Waals surface area contributed by atoms with Gasteiger partial charge in [-0.25, -0.2) is 13.6 Å². The van der Waals surface area contributed by atoms with E-state index in [0.29, 0.717) is 27.6 Å². The maximum Gasteiger partial charge on any atom is 0.248 e. The minimum atomic E-state index is -3.86. The van der Waals surface area contributed by atoms with Crippen molar-refractivity contribution in [2.75, 3.05) is 12.4 Å². The van der Waals surface area contributed by atoms with Gasteiger partial charge in [-0.1, -0.05) is 17.7 Å². The van der Waals surface area contributed by atoms with Gasteiger partial charge in [0, 0.05) is 22.3 Å². The summed E-state index contributed by atoms with van der Waals surface area (Å²) in [5.74, 6) is 0.131. The van der Waals surface area contributed by atoms with Crippen molar-refractivity contribution in [3.63, 3.8) is 0 Å². The van der Waals surface area contributed by atoms with E-state index in [4.69, 9.17) is 21.5 Å². The van der Waals surface area contributed by atoms with Crippen LogP contribution in [-0.4, -0.2) is 21.4 Å². The van der Waals surface area contributed by atoms with Crippen LogP contribution in [0.15, 0.2) is 47.4 Å². The molecule has 0 heterocycles. The van der Waals surface area contributed by atoms with E-state index in [1.165, 1.54) is 19.3 Å². The van der Waals surface area contributed by atoms with Crippen molar-refractivity contribution < 1.29 is 17.9 Å². The summed E-state index contributed by atoms with van der Waals surface area (Å²) in [6.07, 6.45) is 2.85. The molecular formula is C17H17ClN2O4S. The van der Waals surface area contributed by atoms with Crippen molar-refractivity contribution in [1.29, 1.82) is 0 Å². The molecule has 0 aliphatic carbocycles. The van der Waals surface area contributed by atoms with Gasteiger partial charge in [0.15, 0.2) is 0 Å². The number of aryl methyl sites for hydroxylation is 1. The van der Waals surface area contributed by atoms with Crippen LogP contribution < -0.4 is 15.2 Å². The number of benzene rings is 2. The summed E-state index contributed by atoms with van der Waals surface area (Å²) in [4.78, 5) is 12.0. The largest absolute Gasteiger partial charge is 0.496 e. The summed E-state index contributed by atoms with van der Waals surface area (Å²) >= 11 is 5.94. The number of sulfonamides is 1. The number of anilines is 1. The third kappa shape index (κ3) is 5.06. The van der Waals surface area contributed by atoms with Crippen LogP contribution in [0.25, 0.3) is 6.08 Å². The third-order valence-electron chi connectivity index (χ3n) is 3.37. The van der Waals surface area contributed by atoms with Gasteiger partial charge in [0.05, 0.1) is 12.0 Å². The van der Waals surface area contributed by atoms with Crippen LogP contribution in [0.5, 0.6) is 5.75 Å². The van der Waals surface area contributed by atoms with Gasteiger partial charge in [0.1, 0.15) is 5.75 Å². The SMILES string of the molecule is COc1ccc(Cl)cc1C=CC(=O)Nc1ccc(C)c(S(N)(=O)=O)c1. The van der Waals surface area contributed by atoms with Crippen molar-refractivity contribution in [3.05, 3.63) is 58.6 Å². The minimum Gasteiger partial charge on any atom is -0.496 e. The maximum atomic E-state index is 12.1. The van der Waals surface area contributed by atoms with E-state index in [-0.39, 0.29) is 4.90 Å². The van der Waals surface area contributed by atoms with Crippen molar-refractivity contribution in [2.45, 2.75) is 11.8 Å². The number of ether oxygens (including phenoxy) is 1. The molecule has 0 saturated carbocycles. The summed E-state index contributed by atoms with van der Waals surface area (Å²) in [5.41, 5.74) is 1.46. The average molecular weight is 381 g/mol. The molecule has 0 saturated heterocycles. The number of hydrogen-bond donors (Lipinski definition) is 2. The summed E-state index contributed by atoms with van der Waals surface area (Å²) in [5, 5.41) is 8.25. The van der Waals surface area contributed by atoms with E-state index in [1.807, 2.05) is 0 Å². The monoisotopic (exact) mass is 380 g/mol. The molecule has 0 aliphatic rings. The number of nitrogens with two attached hydrogens (primary N) is 1. The first kappa shape index (κ1) is 19.0. The first-order chi connectivity index (χ1) is 11.7. The van der Waals surface area contributed by atoms with Crippen LogP contribution in [-0.2, 0) is 14.8 Å². The number of methoxy groups -OCH3 is 1. The van der Waals surface area contributed by atoms with Crippen LogP contribution in [0.4, 0.5) is 5.69 Å². The summed E-state index contributed by atoms with van der Waals surface area (Å²) < 4.78 is 28.3. The third-order valence-corrected chi connectivity index (χ3v) is 4.66. The molecule has 0 fully saturated rings. The minimum absolute atomic E-state index is 0.0363. The molecule has 0 atom stereocenters. The number of nitrogens with one attached hydrogen (secondary N) is 1. The predicted octanol–water partition coefficient (Wildman–Crippen LogP) is 2.96. The van der Waals surface area contributed by atoms with Crippen molar-refractivity contribution in [1.82, 2.24) is 0 Å². The Morgan fingerprint density at radius 3 is 2.60 bits per heavy atom. The molecule has 0 spiro atoms. The molecule has 1 amide bonds. The number of carbonyl (C=O) groups excluding carboxylic acids is 1. The lowest BCUT2D eigenvalue weighted by molar-refractivity contribution is -0.111. The summed E-state index contributed by atoms with van der Waals surface area (Å²) in [7, 11) is -2.35. The molecule has 0 radical (unpaired) electrons. The number of carbonyl (C=O) groups is 1. The second-order valence-electron chi connectivity index (χ2n) is 5.23. The van der Waals surface area contributed by atoms with Crippen LogP contribution in [0.1, 0.15) is 11.1 Å². The van der Waals surface area contributed by atoms with Crippen LogP contribution >= 0.6 is 11.6 Å². The van der Waals surface area contributed by atoms with E-state index < -0.39 is 15.9 Å². The Kier molecular flexibility index (Phi) is 5.84. The van der Waals surface area contributed by atoms with Gasteiger partial charge in [-0.05, 0) is 48.9 Å². The Hall–Kier alpha value is -2.35. The molecule has 2 aromatic carbocycles. The molecule has 0 unspecified atom stereocenters. The molecule has 8 heteroatoms. The Labute approximate surface area is 151 Å². The zero-order chi connectivity index (χ0) is 18.6. The normalized spacial score (nSPS) is 11.5. The lowest BCUT2D eigenvalue weighted by Gasteiger charge is -2.08. The van der Waals surface area contributed by atoms with E-state index in [2.05, 4.69) is 5.32 Å². The molecule has 2 aromatic rings.